The number of alkyl halides is 3. The van der Waals surface area contributed by atoms with E-state index in [0.717, 1.165) is 23.2 Å². The van der Waals surface area contributed by atoms with E-state index < -0.39 is 33.7 Å². The Hall–Kier alpha value is -5.15. The molecule has 0 bridgehead atoms. The first-order valence-corrected chi connectivity index (χ1v) is 15.6. The normalized spacial score (nSPS) is 14.4. The molecule has 3 heterocycles. The Morgan fingerprint density at radius 1 is 0.957 bits per heavy atom. The zero-order valence-corrected chi connectivity index (χ0v) is 25.0. The summed E-state index contributed by atoms with van der Waals surface area (Å²) >= 11 is 0. The number of carbonyl (C=O) groups is 1. The van der Waals surface area contributed by atoms with E-state index in [1.54, 1.807) is 30.6 Å². The second-order valence-corrected chi connectivity index (χ2v) is 12.3. The van der Waals surface area contributed by atoms with Gasteiger partial charge in [-0.2, -0.15) is 5.10 Å². The van der Waals surface area contributed by atoms with Gasteiger partial charge < -0.3 is 15.4 Å². The number of ether oxygens (including phenoxy) is 1. The lowest BCUT2D eigenvalue weighted by Gasteiger charge is -2.34. The van der Waals surface area contributed by atoms with Crippen molar-refractivity contribution < 1.29 is 31.1 Å². The molecule has 1 fully saturated rings. The molecule has 238 valence electrons. The van der Waals surface area contributed by atoms with Gasteiger partial charge in [0.25, 0.3) is 15.9 Å². The predicted molar refractivity (Wildman–Crippen MR) is 165 cm³/mol. The van der Waals surface area contributed by atoms with E-state index >= 15 is 0 Å². The minimum Gasteiger partial charge on any atom is -0.404 e. The number of para-hydroxylation sites is 1. The molecule has 0 atom stereocenters. The lowest BCUT2D eigenvalue weighted by Crippen LogP contribution is -2.48. The predicted octanol–water partition coefficient (Wildman–Crippen LogP) is 4.86. The fourth-order valence-electron chi connectivity index (χ4n) is 5.37. The first-order chi connectivity index (χ1) is 22.0. The Bertz CT molecular complexity index is 1990. The van der Waals surface area contributed by atoms with Crippen LogP contribution in [0.1, 0.15) is 16.1 Å². The van der Waals surface area contributed by atoms with E-state index in [-0.39, 0.29) is 21.7 Å². The molecule has 1 aliphatic heterocycles. The smallest absolute Gasteiger partial charge is 0.404 e. The standard InChI is InChI=1S/C31H28F3N7O4S/c32-31(33,34)45-27-17-21(30(42)41-15-13-40(14-16-41)19-23-10-12-37-38-23)6-8-26(27)39-46(43,44)28-9-7-22(35)18-25(28)24-5-1-3-20-4-2-11-36-29(20)24/h1-12,17-18,39H,13-16,19,35H2,(H,37,38). The van der Waals surface area contributed by atoms with E-state index in [9.17, 15) is 26.4 Å². The minimum absolute atomic E-state index is 0.0841. The number of amides is 1. The molecule has 4 N–H and O–H groups in total. The fourth-order valence-corrected chi connectivity index (χ4v) is 6.64. The number of rotatable bonds is 8. The highest BCUT2D eigenvalue weighted by molar-refractivity contribution is 7.92. The summed E-state index contributed by atoms with van der Waals surface area (Å²) in [6.07, 6.45) is -1.95. The van der Waals surface area contributed by atoms with E-state index in [1.165, 1.54) is 29.2 Å². The highest BCUT2D eigenvalue weighted by Gasteiger charge is 2.34. The molecule has 0 aliphatic carbocycles. The van der Waals surface area contributed by atoms with Gasteiger partial charge in [-0.25, -0.2) is 8.42 Å². The van der Waals surface area contributed by atoms with Gasteiger partial charge in [-0.15, -0.1) is 13.2 Å². The van der Waals surface area contributed by atoms with Gasteiger partial charge in [-0.05, 0) is 48.5 Å². The van der Waals surface area contributed by atoms with Gasteiger partial charge in [0.1, 0.15) is 0 Å². The number of nitrogens with two attached hydrogens (primary N) is 1. The summed E-state index contributed by atoms with van der Waals surface area (Å²) in [5.41, 5.74) is 7.80. The van der Waals surface area contributed by atoms with Crippen molar-refractivity contribution in [2.45, 2.75) is 17.8 Å². The number of aromatic nitrogens is 3. The number of nitrogen functional groups attached to an aromatic ring is 1. The van der Waals surface area contributed by atoms with Crippen molar-refractivity contribution >= 4 is 38.2 Å². The number of piperazine rings is 1. The van der Waals surface area contributed by atoms with Crippen LogP contribution in [0.4, 0.5) is 24.5 Å². The van der Waals surface area contributed by atoms with Gasteiger partial charge in [0.05, 0.1) is 16.1 Å². The van der Waals surface area contributed by atoms with E-state index in [4.69, 9.17) is 5.73 Å². The molecule has 11 nitrogen and oxygen atoms in total. The highest BCUT2D eigenvalue weighted by atomic mass is 32.2. The summed E-state index contributed by atoms with van der Waals surface area (Å²) in [5.74, 6) is -1.38. The number of fused-ring (bicyclic) bond motifs is 1. The molecular weight excluding hydrogens is 623 g/mol. The molecule has 46 heavy (non-hydrogen) atoms. The zero-order valence-electron chi connectivity index (χ0n) is 24.2. The number of hydrogen-bond donors (Lipinski definition) is 3. The van der Waals surface area contributed by atoms with Crippen molar-refractivity contribution in [1.29, 1.82) is 0 Å². The molecule has 0 radical (unpaired) electrons. The number of carbonyl (C=O) groups excluding carboxylic acids is 1. The number of sulfonamides is 1. The van der Waals surface area contributed by atoms with E-state index in [2.05, 4.69) is 29.5 Å². The Kier molecular flexibility index (Phi) is 8.27. The zero-order chi connectivity index (χ0) is 32.5. The lowest BCUT2D eigenvalue weighted by molar-refractivity contribution is -0.274. The lowest BCUT2D eigenvalue weighted by atomic mass is 10.0. The topological polar surface area (TPSA) is 147 Å². The summed E-state index contributed by atoms with van der Waals surface area (Å²) < 4.78 is 74.5. The number of nitrogens with zero attached hydrogens (tertiary/aromatic N) is 4. The Balaban J connectivity index is 1.28. The van der Waals surface area contributed by atoms with Crippen LogP contribution in [0.15, 0.2) is 90.1 Å². The average molecular weight is 652 g/mol. The maximum absolute atomic E-state index is 13.8. The molecule has 3 aromatic carbocycles. The molecule has 0 spiro atoms. The molecular formula is C31H28F3N7O4S. The van der Waals surface area contributed by atoms with Crippen molar-refractivity contribution in [2.24, 2.45) is 0 Å². The van der Waals surface area contributed by atoms with Crippen LogP contribution >= 0.6 is 0 Å². The van der Waals surface area contributed by atoms with E-state index in [0.29, 0.717) is 43.8 Å². The second kappa shape index (κ2) is 12.3. The number of nitrogens with one attached hydrogen (secondary N) is 2. The largest absolute Gasteiger partial charge is 0.573 e. The SMILES string of the molecule is Nc1ccc(S(=O)(=O)Nc2ccc(C(=O)N3CCN(Cc4ccn[nH]4)CC3)cc2OC(F)(F)F)c(-c2cccc3cccnc23)c1. The molecule has 1 aliphatic rings. The monoisotopic (exact) mass is 651 g/mol. The maximum atomic E-state index is 13.8. The van der Waals surface area contributed by atoms with Gasteiger partial charge in [0, 0.05) is 78.6 Å². The number of aromatic amines is 1. The molecule has 0 unspecified atom stereocenters. The number of anilines is 2. The van der Waals surface area contributed by atoms with E-state index in [1.807, 2.05) is 18.2 Å². The summed E-state index contributed by atoms with van der Waals surface area (Å²) in [7, 11) is -4.53. The first kappa shape index (κ1) is 30.9. The second-order valence-electron chi connectivity index (χ2n) is 10.7. The molecule has 6 rings (SSSR count). The third kappa shape index (κ3) is 6.74. The van der Waals surface area contributed by atoms with Crippen molar-refractivity contribution in [3.63, 3.8) is 0 Å². The van der Waals surface area contributed by atoms with Gasteiger partial charge in [-0.1, -0.05) is 24.3 Å². The van der Waals surface area contributed by atoms with Gasteiger partial charge in [-0.3, -0.25) is 24.5 Å². The fraction of sp³-hybridized carbons (Fsp3) is 0.194. The molecule has 1 amide bonds. The van der Waals surface area contributed by atoms with Crippen LogP contribution in [0.25, 0.3) is 22.0 Å². The van der Waals surface area contributed by atoms with Crippen molar-refractivity contribution in [1.82, 2.24) is 25.0 Å². The summed E-state index contributed by atoms with van der Waals surface area (Å²) in [4.78, 5) is 21.1. The molecule has 15 heteroatoms. The molecule has 5 aromatic rings. The number of benzene rings is 3. The third-order valence-electron chi connectivity index (χ3n) is 7.53. The quantitative estimate of drug-likeness (QED) is 0.202. The highest BCUT2D eigenvalue weighted by Crippen LogP contribution is 2.37. The number of hydrogen-bond acceptors (Lipinski definition) is 8. The summed E-state index contributed by atoms with van der Waals surface area (Å²) in [5, 5.41) is 7.56. The van der Waals surface area contributed by atoms with Crippen LogP contribution in [0.2, 0.25) is 0 Å². The van der Waals surface area contributed by atoms with Crippen molar-refractivity contribution in [3.8, 4) is 16.9 Å². The minimum atomic E-state index is -5.17. The average Bonchev–Trinajstić information content (AvgIpc) is 3.54. The third-order valence-corrected chi connectivity index (χ3v) is 8.95. The Morgan fingerprint density at radius 3 is 2.48 bits per heavy atom. The number of halogens is 3. The summed E-state index contributed by atoms with van der Waals surface area (Å²) in [6.45, 7) is 2.40. The number of H-pyrrole nitrogens is 1. The van der Waals surface area contributed by atoms with Gasteiger partial charge in [0.15, 0.2) is 5.75 Å². The first-order valence-electron chi connectivity index (χ1n) is 14.1. The van der Waals surface area contributed by atoms with Crippen molar-refractivity contribution in [2.75, 3.05) is 36.6 Å². The molecule has 2 aromatic heterocycles. The van der Waals surface area contributed by atoms with Crippen LogP contribution in [-0.2, 0) is 16.6 Å². The van der Waals surface area contributed by atoms with Gasteiger partial charge in [0.2, 0.25) is 0 Å². The molecule has 0 saturated carbocycles. The molecule has 1 saturated heterocycles. The van der Waals surface area contributed by atoms with Crippen LogP contribution < -0.4 is 15.2 Å². The Labute approximate surface area is 261 Å². The van der Waals surface area contributed by atoms with Crippen LogP contribution in [-0.4, -0.2) is 71.8 Å². The van der Waals surface area contributed by atoms with Crippen molar-refractivity contribution in [3.05, 3.63) is 96.4 Å². The van der Waals surface area contributed by atoms with Crippen LogP contribution in [0.3, 0.4) is 0 Å². The van der Waals surface area contributed by atoms with Crippen LogP contribution in [0, 0.1) is 0 Å². The van der Waals surface area contributed by atoms with Crippen LogP contribution in [0.5, 0.6) is 5.75 Å². The Morgan fingerprint density at radius 2 is 1.74 bits per heavy atom. The summed E-state index contributed by atoms with van der Waals surface area (Å²) in [6, 6.07) is 18.0. The van der Waals surface area contributed by atoms with Gasteiger partial charge >= 0.3 is 6.36 Å². The maximum Gasteiger partial charge on any atom is 0.573 e. The number of pyridine rings is 1.